The quantitative estimate of drug-likeness (QED) is 0.726. The van der Waals surface area contributed by atoms with Crippen molar-refractivity contribution in [2.75, 3.05) is 13.2 Å². The second kappa shape index (κ2) is 3.89. The van der Waals surface area contributed by atoms with Gasteiger partial charge < -0.3 is 14.9 Å². The number of rotatable bonds is 4. The van der Waals surface area contributed by atoms with Crippen LogP contribution in [0.25, 0.3) is 0 Å². The van der Waals surface area contributed by atoms with Gasteiger partial charge in [-0.05, 0) is 6.07 Å². The van der Waals surface area contributed by atoms with Crippen molar-refractivity contribution in [3.8, 4) is 0 Å². The van der Waals surface area contributed by atoms with Crippen LogP contribution in [0, 0.1) is 5.82 Å². The molecule has 4 heteroatoms. The number of hydrogen-bond donors (Lipinski definition) is 2. The molecule has 2 rings (SSSR count). The summed E-state index contributed by atoms with van der Waals surface area (Å²) in [5, 5.41) is 17.9. The molecular weight excluding hydrogens is 199 g/mol. The molecule has 82 valence electrons. The summed E-state index contributed by atoms with van der Waals surface area (Å²) >= 11 is 0. The van der Waals surface area contributed by atoms with Crippen LogP contribution in [0.1, 0.15) is 12.0 Å². The number of aliphatic hydroxyl groups is 2. The van der Waals surface area contributed by atoms with Crippen molar-refractivity contribution in [2.24, 2.45) is 0 Å². The first-order chi connectivity index (χ1) is 7.24. The first kappa shape index (κ1) is 10.5. The van der Waals surface area contributed by atoms with E-state index >= 15 is 0 Å². The van der Waals surface area contributed by atoms with E-state index in [1.807, 2.05) is 0 Å². The van der Waals surface area contributed by atoms with Crippen LogP contribution in [0.3, 0.4) is 0 Å². The first-order valence-corrected chi connectivity index (χ1v) is 4.89. The van der Waals surface area contributed by atoms with Crippen LogP contribution >= 0.6 is 0 Å². The lowest BCUT2D eigenvalue weighted by Crippen LogP contribution is -2.18. The number of benzene rings is 1. The number of hydrogen-bond acceptors (Lipinski definition) is 3. The summed E-state index contributed by atoms with van der Waals surface area (Å²) in [4.78, 5) is 0. The second-order valence-electron chi connectivity index (χ2n) is 3.63. The Hall–Kier alpha value is -0.970. The third kappa shape index (κ3) is 1.65. The van der Waals surface area contributed by atoms with E-state index in [2.05, 4.69) is 0 Å². The van der Waals surface area contributed by atoms with Gasteiger partial charge in [-0.25, -0.2) is 4.39 Å². The van der Waals surface area contributed by atoms with E-state index < -0.39 is 11.7 Å². The maximum absolute atomic E-state index is 13.5. The van der Waals surface area contributed by atoms with Gasteiger partial charge in [0.2, 0.25) is 0 Å². The average molecular weight is 212 g/mol. The van der Waals surface area contributed by atoms with E-state index in [1.54, 1.807) is 18.2 Å². The van der Waals surface area contributed by atoms with Crippen LogP contribution in [0.15, 0.2) is 24.3 Å². The van der Waals surface area contributed by atoms with Crippen molar-refractivity contribution in [3.05, 3.63) is 35.6 Å². The second-order valence-corrected chi connectivity index (χ2v) is 3.63. The van der Waals surface area contributed by atoms with Gasteiger partial charge in [-0.15, -0.1) is 0 Å². The molecule has 1 fully saturated rings. The summed E-state index contributed by atoms with van der Waals surface area (Å²) in [6, 6.07) is 6.29. The number of epoxide rings is 1. The summed E-state index contributed by atoms with van der Waals surface area (Å²) in [5.74, 6) is -0.359. The summed E-state index contributed by atoms with van der Waals surface area (Å²) in [7, 11) is 0. The van der Waals surface area contributed by atoms with Crippen LogP contribution in [-0.2, 0) is 10.3 Å². The van der Waals surface area contributed by atoms with Crippen molar-refractivity contribution in [1.82, 2.24) is 0 Å². The normalized spacial score (nSPS) is 29.1. The van der Waals surface area contributed by atoms with Gasteiger partial charge in [0.05, 0.1) is 6.61 Å². The van der Waals surface area contributed by atoms with Crippen LogP contribution in [0.5, 0.6) is 0 Å². The van der Waals surface area contributed by atoms with Gasteiger partial charge in [0.15, 0.2) is 0 Å². The highest BCUT2D eigenvalue weighted by molar-refractivity contribution is 5.30. The molecule has 1 saturated heterocycles. The smallest absolute Gasteiger partial charge is 0.129 e. The monoisotopic (exact) mass is 212 g/mol. The number of aliphatic hydroxyl groups excluding tert-OH is 2. The Kier molecular flexibility index (Phi) is 2.73. The Bertz CT molecular complexity index is 355. The van der Waals surface area contributed by atoms with Crippen molar-refractivity contribution < 1.29 is 19.3 Å². The highest BCUT2D eigenvalue weighted by Crippen LogP contribution is 2.49. The minimum absolute atomic E-state index is 0.0924. The number of ether oxygens (including phenoxy) is 1. The third-order valence-corrected chi connectivity index (χ3v) is 2.79. The molecule has 1 aromatic rings. The molecule has 1 heterocycles. The Morgan fingerprint density at radius 3 is 2.60 bits per heavy atom. The highest BCUT2D eigenvalue weighted by atomic mass is 19.1. The molecular formula is C11H13FO3. The molecule has 1 aliphatic heterocycles. The third-order valence-electron chi connectivity index (χ3n) is 2.79. The molecule has 0 amide bonds. The van der Waals surface area contributed by atoms with Crippen LogP contribution < -0.4 is 0 Å². The summed E-state index contributed by atoms with van der Waals surface area (Å²) in [5.41, 5.74) is -0.410. The minimum Gasteiger partial charge on any atom is -0.396 e. The van der Waals surface area contributed by atoms with E-state index in [4.69, 9.17) is 14.9 Å². The molecule has 15 heavy (non-hydrogen) atoms. The predicted molar refractivity (Wildman–Crippen MR) is 51.7 cm³/mol. The van der Waals surface area contributed by atoms with Gasteiger partial charge in [0, 0.05) is 18.6 Å². The van der Waals surface area contributed by atoms with E-state index in [0.29, 0.717) is 12.0 Å². The Morgan fingerprint density at radius 1 is 1.33 bits per heavy atom. The fourth-order valence-electron chi connectivity index (χ4n) is 1.97. The Balaban J connectivity index is 2.31. The van der Waals surface area contributed by atoms with Crippen LogP contribution in [-0.4, -0.2) is 29.5 Å². The summed E-state index contributed by atoms with van der Waals surface area (Å²) in [6.45, 7) is -0.251. The molecule has 0 radical (unpaired) electrons. The van der Waals surface area contributed by atoms with E-state index in [-0.39, 0.29) is 19.0 Å². The Morgan fingerprint density at radius 2 is 2.07 bits per heavy atom. The lowest BCUT2D eigenvalue weighted by Gasteiger charge is -2.12. The summed E-state index contributed by atoms with van der Waals surface area (Å²) < 4.78 is 18.8. The number of halogens is 1. The van der Waals surface area contributed by atoms with Gasteiger partial charge in [-0.1, -0.05) is 18.2 Å². The van der Waals surface area contributed by atoms with Crippen LogP contribution in [0.2, 0.25) is 0 Å². The lowest BCUT2D eigenvalue weighted by molar-refractivity contribution is 0.204. The molecule has 1 aromatic carbocycles. The Labute approximate surface area is 87.1 Å². The maximum atomic E-state index is 13.5. The van der Waals surface area contributed by atoms with E-state index in [1.165, 1.54) is 6.07 Å². The minimum atomic E-state index is -0.825. The van der Waals surface area contributed by atoms with Crippen molar-refractivity contribution in [2.45, 2.75) is 18.1 Å². The van der Waals surface area contributed by atoms with Crippen molar-refractivity contribution in [1.29, 1.82) is 0 Å². The van der Waals surface area contributed by atoms with Gasteiger partial charge >= 0.3 is 0 Å². The van der Waals surface area contributed by atoms with Crippen LogP contribution in [0.4, 0.5) is 4.39 Å². The van der Waals surface area contributed by atoms with Gasteiger partial charge in [0.1, 0.15) is 17.5 Å². The molecule has 0 aromatic heterocycles. The van der Waals surface area contributed by atoms with Crippen molar-refractivity contribution in [3.63, 3.8) is 0 Å². The molecule has 2 N–H and O–H groups in total. The first-order valence-electron chi connectivity index (χ1n) is 4.89. The fourth-order valence-corrected chi connectivity index (χ4v) is 1.97. The molecule has 0 bridgehead atoms. The SMILES string of the molecule is OCCC1(c2ccccc2F)OC1CO. The molecule has 2 unspecified atom stereocenters. The zero-order valence-corrected chi connectivity index (χ0v) is 8.19. The average Bonchev–Trinajstić information content (AvgIpc) is 2.94. The topological polar surface area (TPSA) is 53.0 Å². The molecule has 0 aliphatic carbocycles. The predicted octanol–water partition coefficient (Wildman–Crippen LogP) is 0.794. The zero-order valence-electron chi connectivity index (χ0n) is 8.19. The van der Waals surface area contributed by atoms with E-state index in [9.17, 15) is 4.39 Å². The largest absolute Gasteiger partial charge is 0.396 e. The summed E-state index contributed by atoms with van der Waals surface area (Å²) in [6.07, 6.45) is -0.0966. The van der Waals surface area contributed by atoms with Gasteiger partial charge in [-0.2, -0.15) is 0 Å². The van der Waals surface area contributed by atoms with Gasteiger partial charge in [0.25, 0.3) is 0 Å². The van der Waals surface area contributed by atoms with Gasteiger partial charge in [-0.3, -0.25) is 0 Å². The molecule has 0 saturated carbocycles. The maximum Gasteiger partial charge on any atom is 0.129 e. The molecule has 2 atom stereocenters. The lowest BCUT2D eigenvalue weighted by atomic mass is 9.92. The fraction of sp³-hybridized carbons (Fsp3) is 0.455. The molecule has 0 spiro atoms. The van der Waals surface area contributed by atoms with Crippen molar-refractivity contribution >= 4 is 0 Å². The zero-order chi connectivity index (χ0) is 10.9. The molecule has 3 nitrogen and oxygen atoms in total. The molecule has 1 aliphatic rings. The highest BCUT2D eigenvalue weighted by Gasteiger charge is 2.57. The standard InChI is InChI=1S/C11H13FO3/c12-9-4-2-1-3-8(9)11(5-6-13)10(7-14)15-11/h1-4,10,13-14H,5-7H2. The van der Waals surface area contributed by atoms with E-state index in [0.717, 1.165) is 0 Å².